The molecule has 0 radical (unpaired) electrons. The third-order valence-electron chi connectivity index (χ3n) is 4.10. The van der Waals surface area contributed by atoms with Crippen LogP contribution in [0.2, 0.25) is 0 Å². The Kier molecular flexibility index (Phi) is 4.43. The van der Waals surface area contributed by atoms with Crippen molar-refractivity contribution in [2.24, 2.45) is 0 Å². The van der Waals surface area contributed by atoms with Gasteiger partial charge in [-0.2, -0.15) is 5.10 Å². The maximum atomic E-state index is 13.0. The molecule has 3 rings (SSSR count). The molecule has 0 aliphatic carbocycles. The number of aromatic nitrogens is 2. The summed E-state index contributed by atoms with van der Waals surface area (Å²) in [5.41, 5.74) is 3.32. The molecule has 0 bridgehead atoms. The zero-order valence-electron chi connectivity index (χ0n) is 13.3. The van der Waals surface area contributed by atoms with E-state index < -0.39 is 0 Å². The topological polar surface area (TPSA) is 56.2 Å². The smallest absolute Gasteiger partial charge is 0.253 e. The number of halogens is 1. The normalized spacial score (nSPS) is 17.4. The molecule has 1 saturated heterocycles. The number of hydrogen-bond acceptors (Lipinski definition) is 3. The number of nitrogens with zero attached hydrogens (tertiary/aromatic N) is 2. The van der Waals surface area contributed by atoms with Gasteiger partial charge in [0.05, 0.1) is 23.6 Å². The van der Waals surface area contributed by atoms with Crippen LogP contribution in [0.5, 0.6) is 0 Å². The van der Waals surface area contributed by atoms with E-state index in [0.717, 1.165) is 35.5 Å². The quantitative estimate of drug-likeness (QED) is 0.943. The summed E-state index contributed by atoms with van der Waals surface area (Å²) in [6, 6.07) is 6.33. The summed E-state index contributed by atoms with van der Waals surface area (Å²) < 4.78 is 20.2. The Morgan fingerprint density at radius 3 is 2.78 bits per heavy atom. The van der Waals surface area contributed by atoms with Gasteiger partial charge in [-0.15, -0.1) is 0 Å². The van der Waals surface area contributed by atoms with Crippen LogP contribution in [0.3, 0.4) is 0 Å². The van der Waals surface area contributed by atoms with Gasteiger partial charge in [0.1, 0.15) is 11.9 Å². The van der Waals surface area contributed by atoms with E-state index in [1.807, 2.05) is 18.5 Å². The maximum absolute atomic E-state index is 13.0. The standard InChI is InChI=1S/C17H20FN3O2/c1-11-16(19-17(22)15-4-3-9-23-15)12(2)21(20-11)10-13-5-7-14(18)8-6-13/h5-8,15H,3-4,9-10H2,1-2H3,(H,19,22). The van der Waals surface area contributed by atoms with Crippen molar-refractivity contribution < 1.29 is 13.9 Å². The largest absolute Gasteiger partial charge is 0.368 e. The number of carbonyl (C=O) groups is 1. The van der Waals surface area contributed by atoms with E-state index in [0.29, 0.717) is 13.2 Å². The third kappa shape index (κ3) is 3.42. The molecule has 6 heteroatoms. The fourth-order valence-electron chi connectivity index (χ4n) is 2.78. The molecule has 1 aromatic heterocycles. The van der Waals surface area contributed by atoms with Gasteiger partial charge in [-0.25, -0.2) is 4.39 Å². The molecule has 23 heavy (non-hydrogen) atoms. The van der Waals surface area contributed by atoms with E-state index in [-0.39, 0.29) is 17.8 Å². The number of hydrogen-bond donors (Lipinski definition) is 1. The van der Waals surface area contributed by atoms with Crippen molar-refractivity contribution in [2.45, 2.75) is 39.3 Å². The molecule has 1 fully saturated rings. The summed E-state index contributed by atoms with van der Waals surface area (Å²) in [6.07, 6.45) is 1.31. The van der Waals surface area contributed by atoms with E-state index in [4.69, 9.17) is 4.74 Å². The summed E-state index contributed by atoms with van der Waals surface area (Å²) in [4.78, 5) is 12.2. The van der Waals surface area contributed by atoms with Crippen molar-refractivity contribution in [1.82, 2.24) is 9.78 Å². The number of anilines is 1. The van der Waals surface area contributed by atoms with Gasteiger partial charge in [0.25, 0.3) is 5.91 Å². The number of carbonyl (C=O) groups excluding carboxylic acids is 1. The monoisotopic (exact) mass is 317 g/mol. The highest BCUT2D eigenvalue weighted by Crippen LogP contribution is 2.22. The highest BCUT2D eigenvalue weighted by Gasteiger charge is 2.25. The molecule has 1 aliphatic rings. The first-order valence-electron chi connectivity index (χ1n) is 7.75. The molecule has 1 aliphatic heterocycles. The molecule has 0 saturated carbocycles. The average Bonchev–Trinajstić information content (AvgIpc) is 3.14. The van der Waals surface area contributed by atoms with Gasteiger partial charge in [0.2, 0.25) is 0 Å². The zero-order valence-corrected chi connectivity index (χ0v) is 13.3. The summed E-state index contributed by atoms with van der Waals surface area (Å²) in [7, 11) is 0. The molecule has 5 nitrogen and oxygen atoms in total. The fourth-order valence-corrected chi connectivity index (χ4v) is 2.78. The van der Waals surface area contributed by atoms with Gasteiger partial charge in [-0.05, 0) is 44.4 Å². The zero-order chi connectivity index (χ0) is 16.4. The lowest BCUT2D eigenvalue weighted by Gasteiger charge is -2.11. The second-order valence-corrected chi connectivity index (χ2v) is 5.82. The van der Waals surface area contributed by atoms with Crippen LogP contribution in [0.1, 0.15) is 29.8 Å². The van der Waals surface area contributed by atoms with Gasteiger partial charge < -0.3 is 10.1 Å². The molecule has 0 spiro atoms. The van der Waals surface area contributed by atoms with Crippen LogP contribution in [-0.4, -0.2) is 28.4 Å². The predicted molar refractivity (Wildman–Crippen MR) is 84.8 cm³/mol. The molecule has 1 N–H and O–H groups in total. The number of rotatable bonds is 4. The minimum atomic E-state index is -0.366. The van der Waals surface area contributed by atoms with Crippen LogP contribution < -0.4 is 5.32 Å². The van der Waals surface area contributed by atoms with Crippen molar-refractivity contribution in [2.75, 3.05) is 11.9 Å². The van der Waals surface area contributed by atoms with Crippen LogP contribution in [0.25, 0.3) is 0 Å². The Labute approximate surface area is 134 Å². The van der Waals surface area contributed by atoms with Gasteiger partial charge in [0.15, 0.2) is 0 Å². The minimum Gasteiger partial charge on any atom is -0.368 e. The van der Waals surface area contributed by atoms with Crippen LogP contribution in [0.15, 0.2) is 24.3 Å². The lowest BCUT2D eigenvalue weighted by molar-refractivity contribution is -0.124. The van der Waals surface area contributed by atoms with Gasteiger partial charge in [-0.3, -0.25) is 9.48 Å². The van der Waals surface area contributed by atoms with Gasteiger partial charge in [0, 0.05) is 6.61 Å². The Morgan fingerprint density at radius 1 is 1.39 bits per heavy atom. The summed E-state index contributed by atoms with van der Waals surface area (Å²) in [6.45, 7) is 4.94. The van der Waals surface area contributed by atoms with E-state index >= 15 is 0 Å². The summed E-state index contributed by atoms with van der Waals surface area (Å²) in [5.74, 6) is -0.373. The molecular weight excluding hydrogens is 297 g/mol. The SMILES string of the molecule is Cc1nn(Cc2ccc(F)cc2)c(C)c1NC(=O)C1CCCO1. The molecule has 1 atom stereocenters. The van der Waals surface area contributed by atoms with Crippen molar-refractivity contribution in [3.8, 4) is 0 Å². The van der Waals surface area contributed by atoms with E-state index in [1.54, 1.807) is 12.1 Å². The second-order valence-electron chi connectivity index (χ2n) is 5.82. The van der Waals surface area contributed by atoms with Crippen molar-refractivity contribution in [3.63, 3.8) is 0 Å². The third-order valence-corrected chi connectivity index (χ3v) is 4.10. The molecule has 1 aromatic carbocycles. The number of aryl methyl sites for hydroxylation is 1. The predicted octanol–water partition coefficient (Wildman–Crippen LogP) is 2.80. The first kappa shape index (κ1) is 15.7. The first-order valence-corrected chi connectivity index (χ1v) is 7.75. The molecule has 1 amide bonds. The Morgan fingerprint density at radius 2 is 2.13 bits per heavy atom. The Hall–Kier alpha value is -2.21. The fraction of sp³-hybridized carbons (Fsp3) is 0.412. The van der Waals surface area contributed by atoms with Crippen LogP contribution in [0.4, 0.5) is 10.1 Å². The summed E-state index contributed by atoms with van der Waals surface area (Å²) in [5, 5.41) is 7.40. The number of amides is 1. The van der Waals surface area contributed by atoms with E-state index in [1.165, 1.54) is 12.1 Å². The highest BCUT2D eigenvalue weighted by molar-refractivity contribution is 5.95. The maximum Gasteiger partial charge on any atom is 0.253 e. The second kappa shape index (κ2) is 6.50. The lowest BCUT2D eigenvalue weighted by atomic mass is 10.2. The number of ether oxygens (including phenoxy) is 1. The summed E-state index contributed by atoms with van der Waals surface area (Å²) >= 11 is 0. The van der Waals surface area contributed by atoms with Crippen LogP contribution >= 0.6 is 0 Å². The number of benzene rings is 1. The molecule has 2 heterocycles. The van der Waals surface area contributed by atoms with Gasteiger partial charge in [-0.1, -0.05) is 12.1 Å². The van der Waals surface area contributed by atoms with E-state index in [2.05, 4.69) is 10.4 Å². The molecule has 2 aromatic rings. The molecule has 1 unspecified atom stereocenters. The minimum absolute atomic E-state index is 0.116. The molecular formula is C17H20FN3O2. The average molecular weight is 317 g/mol. The van der Waals surface area contributed by atoms with Gasteiger partial charge >= 0.3 is 0 Å². The molecule has 122 valence electrons. The number of nitrogens with one attached hydrogen (secondary N) is 1. The highest BCUT2D eigenvalue weighted by atomic mass is 19.1. The van der Waals surface area contributed by atoms with Crippen LogP contribution in [0, 0.1) is 19.7 Å². The van der Waals surface area contributed by atoms with Crippen LogP contribution in [-0.2, 0) is 16.1 Å². The Balaban J connectivity index is 1.76. The van der Waals surface area contributed by atoms with Crippen molar-refractivity contribution in [3.05, 3.63) is 47.0 Å². The first-order chi connectivity index (χ1) is 11.0. The Bertz CT molecular complexity index is 703. The van der Waals surface area contributed by atoms with E-state index in [9.17, 15) is 9.18 Å². The van der Waals surface area contributed by atoms with Crippen molar-refractivity contribution in [1.29, 1.82) is 0 Å². The lowest BCUT2D eigenvalue weighted by Crippen LogP contribution is -2.27. The van der Waals surface area contributed by atoms with Crippen molar-refractivity contribution >= 4 is 11.6 Å².